The normalized spacial score (nSPS) is 26.3. The van der Waals surface area contributed by atoms with Crippen molar-refractivity contribution in [3.8, 4) is 11.1 Å². The van der Waals surface area contributed by atoms with E-state index in [9.17, 15) is 23.1 Å². The van der Waals surface area contributed by atoms with Crippen LogP contribution in [-0.2, 0) is 16.1 Å². The van der Waals surface area contributed by atoms with Gasteiger partial charge in [-0.3, -0.25) is 4.79 Å². The van der Waals surface area contributed by atoms with E-state index in [0.29, 0.717) is 23.8 Å². The van der Waals surface area contributed by atoms with Crippen LogP contribution >= 0.6 is 11.3 Å². The van der Waals surface area contributed by atoms with Crippen LogP contribution in [0.2, 0.25) is 0 Å². The molecule has 0 saturated heterocycles. The maximum atomic E-state index is 13.1. The Hall–Kier alpha value is -2.67. The zero-order chi connectivity index (χ0) is 26.5. The molecular weight excluding hydrogens is 519 g/mol. The van der Waals surface area contributed by atoms with Crippen molar-refractivity contribution in [3.05, 3.63) is 36.4 Å². The minimum atomic E-state index is -4.25. The Morgan fingerprint density at radius 3 is 2.58 bits per heavy atom. The molecule has 3 fully saturated rings. The number of benzene rings is 1. The number of anilines is 1. The standard InChI is InChI=1S/C26H28F3N5O3S/c27-26(28,29)25(6-7-25)34-17-8-15(9-17)23(36)33-24-32-18-5-4-14(10-21(18)38-24)16-11-30-22(31-12-16)13-37-20-3-1-2-19(20)35/h4-5,10-12,15,17,19-20,34-35H,1-3,6-9,13H2,(H,32,33,36)/t15?,17?,19-,20-/m0/s1. The Morgan fingerprint density at radius 1 is 1.16 bits per heavy atom. The number of amides is 1. The molecule has 3 aliphatic rings. The molecule has 1 amide bonds. The molecule has 202 valence electrons. The number of aromatic nitrogens is 3. The summed E-state index contributed by atoms with van der Waals surface area (Å²) in [6.45, 7) is 0.250. The number of carbonyl (C=O) groups is 1. The van der Waals surface area contributed by atoms with Gasteiger partial charge in [-0.2, -0.15) is 13.2 Å². The summed E-state index contributed by atoms with van der Waals surface area (Å²) in [6, 6.07) is 5.45. The van der Waals surface area contributed by atoms with Crippen molar-refractivity contribution < 1.29 is 27.8 Å². The van der Waals surface area contributed by atoms with Gasteiger partial charge in [0.1, 0.15) is 12.1 Å². The van der Waals surface area contributed by atoms with Crippen molar-refractivity contribution in [2.75, 3.05) is 5.32 Å². The average Bonchev–Trinajstić information content (AvgIpc) is 3.39. The molecule has 3 N–H and O–H groups in total. The van der Waals surface area contributed by atoms with Gasteiger partial charge in [0.05, 0.1) is 22.4 Å². The number of aliphatic hydroxyl groups is 1. The second-order valence-electron chi connectivity index (χ2n) is 10.5. The Kier molecular flexibility index (Phi) is 6.61. The molecule has 1 aromatic carbocycles. The monoisotopic (exact) mass is 547 g/mol. The fourth-order valence-corrected chi connectivity index (χ4v) is 6.11. The van der Waals surface area contributed by atoms with E-state index in [-0.39, 0.29) is 43.4 Å². The van der Waals surface area contributed by atoms with Gasteiger partial charge in [0, 0.05) is 29.9 Å². The summed E-state index contributed by atoms with van der Waals surface area (Å²) in [5.74, 6) is 0.0158. The molecule has 38 heavy (non-hydrogen) atoms. The van der Waals surface area contributed by atoms with Crippen molar-refractivity contribution in [3.63, 3.8) is 0 Å². The lowest BCUT2D eigenvalue weighted by Crippen LogP contribution is -2.55. The van der Waals surface area contributed by atoms with Gasteiger partial charge in [-0.05, 0) is 62.6 Å². The molecular formula is C26H28F3N5O3S. The molecule has 2 atom stereocenters. The number of carbonyl (C=O) groups excluding carboxylic acids is 1. The summed E-state index contributed by atoms with van der Waals surface area (Å²) in [7, 11) is 0. The Labute approximate surface area is 221 Å². The zero-order valence-electron chi connectivity index (χ0n) is 20.5. The summed E-state index contributed by atoms with van der Waals surface area (Å²) in [4.78, 5) is 25.9. The van der Waals surface area contributed by atoms with Crippen molar-refractivity contribution >= 4 is 32.6 Å². The number of alkyl halides is 3. The Morgan fingerprint density at radius 2 is 1.92 bits per heavy atom. The van der Waals surface area contributed by atoms with Gasteiger partial charge >= 0.3 is 6.18 Å². The minimum absolute atomic E-state index is 0.105. The summed E-state index contributed by atoms with van der Waals surface area (Å²) in [5, 5.41) is 15.9. The highest BCUT2D eigenvalue weighted by Crippen LogP contribution is 2.50. The van der Waals surface area contributed by atoms with E-state index < -0.39 is 17.8 Å². The molecule has 3 saturated carbocycles. The number of fused-ring (bicyclic) bond motifs is 1. The van der Waals surface area contributed by atoms with Gasteiger partial charge in [-0.1, -0.05) is 17.4 Å². The molecule has 0 bridgehead atoms. The molecule has 0 aliphatic heterocycles. The molecule has 12 heteroatoms. The molecule has 0 spiro atoms. The molecule has 3 aliphatic carbocycles. The lowest BCUT2D eigenvalue weighted by atomic mass is 9.79. The lowest BCUT2D eigenvalue weighted by Gasteiger charge is -2.38. The number of halogens is 3. The van der Waals surface area contributed by atoms with E-state index in [4.69, 9.17) is 4.74 Å². The van der Waals surface area contributed by atoms with E-state index in [1.807, 2.05) is 18.2 Å². The van der Waals surface area contributed by atoms with E-state index >= 15 is 0 Å². The number of ether oxygens (including phenoxy) is 1. The van der Waals surface area contributed by atoms with Gasteiger partial charge in [0.15, 0.2) is 11.0 Å². The van der Waals surface area contributed by atoms with Crippen LogP contribution in [0.25, 0.3) is 21.3 Å². The van der Waals surface area contributed by atoms with Gasteiger partial charge in [0.2, 0.25) is 5.91 Å². The molecule has 0 radical (unpaired) electrons. The number of rotatable bonds is 8. The molecule has 6 rings (SSSR count). The molecule has 2 aromatic heterocycles. The first-order valence-corrected chi connectivity index (χ1v) is 13.7. The summed E-state index contributed by atoms with van der Waals surface area (Å²) < 4.78 is 46.1. The average molecular weight is 548 g/mol. The van der Waals surface area contributed by atoms with Crippen LogP contribution in [0.5, 0.6) is 0 Å². The van der Waals surface area contributed by atoms with Crippen LogP contribution in [0.15, 0.2) is 30.6 Å². The largest absolute Gasteiger partial charge is 0.406 e. The van der Waals surface area contributed by atoms with E-state index in [2.05, 4.69) is 25.6 Å². The third-order valence-electron chi connectivity index (χ3n) is 7.78. The first-order chi connectivity index (χ1) is 18.2. The topological polar surface area (TPSA) is 109 Å². The number of hydrogen-bond acceptors (Lipinski definition) is 8. The molecule has 0 unspecified atom stereocenters. The summed E-state index contributed by atoms with van der Waals surface area (Å²) >= 11 is 1.34. The van der Waals surface area contributed by atoms with Gasteiger partial charge in [-0.15, -0.1) is 0 Å². The Balaban J connectivity index is 1.04. The third-order valence-corrected chi connectivity index (χ3v) is 8.72. The Bertz CT molecular complexity index is 1320. The molecule has 2 heterocycles. The van der Waals surface area contributed by atoms with Crippen molar-refractivity contribution in [2.45, 2.75) is 81.5 Å². The number of nitrogens with one attached hydrogen (secondary N) is 2. The third kappa shape index (κ3) is 5.14. The van der Waals surface area contributed by atoms with Crippen LogP contribution < -0.4 is 10.6 Å². The predicted molar refractivity (Wildman–Crippen MR) is 135 cm³/mol. The quantitative estimate of drug-likeness (QED) is 0.379. The highest BCUT2D eigenvalue weighted by atomic mass is 32.1. The number of thiazole rings is 1. The number of aliphatic hydroxyl groups excluding tert-OH is 1. The predicted octanol–water partition coefficient (Wildman–Crippen LogP) is 4.58. The van der Waals surface area contributed by atoms with Crippen LogP contribution in [0, 0.1) is 5.92 Å². The van der Waals surface area contributed by atoms with Gasteiger partial charge < -0.3 is 20.5 Å². The lowest BCUT2D eigenvalue weighted by molar-refractivity contribution is -0.170. The highest BCUT2D eigenvalue weighted by molar-refractivity contribution is 7.22. The zero-order valence-corrected chi connectivity index (χ0v) is 21.3. The number of hydrogen-bond donors (Lipinski definition) is 3. The van der Waals surface area contributed by atoms with Crippen molar-refractivity contribution in [1.29, 1.82) is 0 Å². The minimum Gasteiger partial charge on any atom is -0.390 e. The first-order valence-electron chi connectivity index (χ1n) is 12.9. The van der Waals surface area contributed by atoms with Crippen molar-refractivity contribution in [1.82, 2.24) is 20.3 Å². The maximum absolute atomic E-state index is 13.1. The van der Waals surface area contributed by atoms with Gasteiger partial charge in [-0.25, -0.2) is 15.0 Å². The van der Waals surface area contributed by atoms with Crippen LogP contribution in [0.3, 0.4) is 0 Å². The second kappa shape index (κ2) is 9.82. The second-order valence-corrected chi connectivity index (χ2v) is 11.5. The van der Waals surface area contributed by atoms with Crippen molar-refractivity contribution in [2.24, 2.45) is 5.92 Å². The smallest absolute Gasteiger partial charge is 0.390 e. The van der Waals surface area contributed by atoms with E-state index in [1.54, 1.807) is 12.4 Å². The maximum Gasteiger partial charge on any atom is 0.406 e. The summed E-state index contributed by atoms with van der Waals surface area (Å²) in [5.41, 5.74) is 0.728. The van der Waals surface area contributed by atoms with Crippen LogP contribution in [0.1, 0.15) is 50.8 Å². The molecule has 8 nitrogen and oxygen atoms in total. The highest BCUT2D eigenvalue weighted by Gasteiger charge is 2.64. The first kappa shape index (κ1) is 25.6. The fraction of sp³-hybridized carbons (Fsp3) is 0.538. The van der Waals surface area contributed by atoms with Crippen LogP contribution in [0.4, 0.5) is 18.3 Å². The van der Waals surface area contributed by atoms with E-state index in [0.717, 1.165) is 40.6 Å². The van der Waals surface area contributed by atoms with Gasteiger partial charge in [0.25, 0.3) is 0 Å². The SMILES string of the molecule is O=C(Nc1nc2ccc(-c3cnc(CO[C@H]4CCC[C@@H]4O)nc3)cc2s1)C1CC(NC2(C(F)(F)F)CC2)C1. The summed E-state index contributed by atoms with van der Waals surface area (Å²) in [6.07, 6.45) is 2.19. The molecule has 3 aromatic rings. The van der Waals surface area contributed by atoms with Crippen LogP contribution in [-0.4, -0.2) is 55.9 Å². The fourth-order valence-electron chi connectivity index (χ4n) is 5.20. The number of nitrogens with zero attached hydrogens (tertiary/aromatic N) is 3. The van der Waals surface area contributed by atoms with E-state index in [1.165, 1.54) is 11.3 Å².